The molecule has 104 valence electrons. The monoisotopic (exact) mass is 276 g/mol. The fraction of sp³-hybridized carbons (Fsp3) is 0.286. The lowest BCUT2D eigenvalue weighted by Gasteiger charge is -2.34. The van der Waals surface area contributed by atoms with Crippen LogP contribution in [0.15, 0.2) is 35.2 Å². The van der Waals surface area contributed by atoms with Crippen molar-refractivity contribution in [2.45, 2.75) is 12.5 Å². The van der Waals surface area contributed by atoms with Crippen LogP contribution >= 0.6 is 0 Å². The Morgan fingerprint density at radius 3 is 3.20 bits per heavy atom. The Bertz CT molecular complexity index is 614. The summed E-state index contributed by atoms with van der Waals surface area (Å²) in [6.45, 7) is 2.20. The zero-order valence-electron chi connectivity index (χ0n) is 10.8. The number of halogens is 1. The predicted octanol–water partition coefficient (Wildman–Crippen LogP) is 2.16. The number of amides is 1. The average Bonchev–Trinajstić information content (AvgIpc) is 2.91. The van der Waals surface area contributed by atoms with E-state index in [-0.39, 0.29) is 11.7 Å². The van der Waals surface area contributed by atoms with Gasteiger partial charge >= 0.3 is 0 Å². The van der Waals surface area contributed by atoms with Crippen molar-refractivity contribution in [3.8, 4) is 0 Å². The number of hydrogen-bond acceptors (Lipinski definition) is 4. The first-order valence-corrected chi connectivity index (χ1v) is 6.17. The van der Waals surface area contributed by atoms with E-state index < -0.39 is 5.54 Å². The quantitative estimate of drug-likeness (QED) is 0.861. The molecule has 3 rings (SSSR count). The molecule has 2 aliphatic heterocycles. The Morgan fingerprint density at radius 1 is 1.55 bits per heavy atom. The van der Waals surface area contributed by atoms with E-state index in [9.17, 15) is 9.18 Å². The van der Waals surface area contributed by atoms with Crippen molar-refractivity contribution in [2.24, 2.45) is 10.9 Å². The summed E-state index contributed by atoms with van der Waals surface area (Å²) in [6, 6.07) is 4.40. The Kier molecular flexibility index (Phi) is 2.93. The van der Waals surface area contributed by atoms with Gasteiger partial charge in [-0.1, -0.05) is 0 Å². The van der Waals surface area contributed by atoms with Crippen LogP contribution in [0.2, 0.25) is 0 Å². The standard InChI is InChI=1S/C14H13FN2O3/c1-14(11-5-19-6-13(11)20-8-17-14)10-4-9(16-7-18)2-3-12(10)15/h2-4,6-8,11H,5H2,1H3,(H,16,18). The molecule has 0 aromatic heterocycles. The minimum Gasteiger partial charge on any atom is -0.497 e. The smallest absolute Gasteiger partial charge is 0.211 e. The van der Waals surface area contributed by atoms with Crippen molar-refractivity contribution in [3.05, 3.63) is 41.6 Å². The van der Waals surface area contributed by atoms with Crippen LogP contribution in [0.4, 0.5) is 10.1 Å². The van der Waals surface area contributed by atoms with Crippen molar-refractivity contribution in [1.29, 1.82) is 0 Å². The molecule has 0 radical (unpaired) electrons. The number of nitrogens with zero attached hydrogens (tertiary/aromatic N) is 1. The second kappa shape index (κ2) is 4.63. The fourth-order valence-electron chi connectivity index (χ4n) is 2.55. The normalized spacial score (nSPS) is 27.1. The molecule has 2 heterocycles. The first-order chi connectivity index (χ1) is 9.65. The molecule has 20 heavy (non-hydrogen) atoms. The van der Waals surface area contributed by atoms with Crippen LogP contribution in [-0.4, -0.2) is 19.4 Å². The number of hydrogen-bond donors (Lipinski definition) is 1. The number of aliphatic imine (C=N–C) groups is 1. The number of ether oxygens (including phenoxy) is 2. The molecule has 0 bridgehead atoms. The van der Waals surface area contributed by atoms with Crippen LogP contribution in [0.1, 0.15) is 12.5 Å². The summed E-state index contributed by atoms with van der Waals surface area (Å²) in [6.07, 6.45) is 3.38. The zero-order chi connectivity index (χ0) is 14.2. The second-order valence-corrected chi connectivity index (χ2v) is 4.86. The second-order valence-electron chi connectivity index (χ2n) is 4.86. The molecule has 0 saturated carbocycles. The molecule has 1 aromatic carbocycles. The summed E-state index contributed by atoms with van der Waals surface area (Å²) in [4.78, 5) is 14.8. The van der Waals surface area contributed by atoms with Crippen LogP contribution < -0.4 is 5.32 Å². The van der Waals surface area contributed by atoms with Crippen molar-refractivity contribution < 1.29 is 18.7 Å². The van der Waals surface area contributed by atoms with Gasteiger partial charge in [-0.3, -0.25) is 4.79 Å². The Hall–Kier alpha value is -2.37. The largest absolute Gasteiger partial charge is 0.497 e. The van der Waals surface area contributed by atoms with Crippen molar-refractivity contribution in [3.63, 3.8) is 0 Å². The number of rotatable bonds is 3. The molecule has 1 N–H and O–H groups in total. The van der Waals surface area contributed by atoms with Crippen LogP contribution in [0.3, 0.4) is 0 Å². The molecule has 0 saturated heterocycles. The average molecular weight is 276 g/mol. The Balaban J connectivity index is 2.08. The SMILES string of the molecule is CC1(c2cc(NC=O)ccc2F)N=COC2=COCC21. The number of anilines is 1. The van der Waals surface area contributed by atoms with Gasteiger partial charge < -0.3 is 14.8 Å². The first kappa shape index (κ1) is 12.7. The third-order valence-electron chi connectivity index (χ3n) is 3.73. The maximum atomic E-state index is 14.2. The predicted molar refractivity (Wildman–Crippen MR) is 70.5 cm³/mol. The van der Waals surface area contributed by atoms with Gasteiger partial charge in [0.15, 0.2) is 6.40 Å². The topological polar surface area (TPSA) is 59.9 Å². The molecular formula is C14H13FN2O3. The number of carbonyl (C=O) groups excluding carboxylic acids is 1. The lowest BCUT2D eigenvalue weighted by atomic mass is 9.79. The highest BCUT2D eigenvalue weighted by molar-refractivity contribution is 5.71. The fourth-order valence-corrected chi connectivity index (χ4v) is 2.55. The molecule has 1 amide bonds. The molecule has 0 fully saturated rings. The molecular weight excluding hydrogens is 263 g/mol. The van der Waals surface area contributed by atoms with Gasteiger partial charge in [-0.25, -0.2) is 9.38 Å². The first-order valence-electron chi connectivity index (χ1n) is 6.17. The summed E-state index contributed by atoms with van der Waals surface area (Å²) >= 11 is 0. The van der Waals surface area contributed by atoms with Gasteiger partial charge in [-0.2, -0.15) is 0 Å². The third kappa shape index (κ3) is 1.84. The van der Waals surface area contributed by atoms with Gasteiger partial charge in [0, 0.05) is 11.3 Å². The summed E-state index contributed by atoms with van der Waals surface area (Å²) in [7, 11) is 0. The highest BCUT2D eigenvalue weighted by Crippen LogP contribution is 2.44. The van der Waals surface area contributed by atoms with E-state index in [0.29, 0.717) is 30.0 Å². The summed E-state index contributed by atoms with van der Waals surface area (Å²) < 4.78 is 24.8. The van der Waals surface area contributed by atoms with E-state index >= 15 is 0 Å². The highest BCUT2D eigenvalue weighted by atomic mass is 19.1. The van der Waals surface area contributed by atoms with E-state index in [1.807, 2.05) is 6.92 Å². The molecule has 2 aliphatic rings. The van der Waals surface area contributed by atoms with Gasteiger partial charge in [-0.15, -0.1) is 0 Å². The molecule has 1 aromatic rings. The summed E-state index contributed by atoms with van der Waals surface area (Å²) in [5.74, 6) is 0.0679. The van der Waals surface area contributed by atoms with Crippen molar-refractivity contribution >= 4 is 18.5 Å². The molecule has 6 heteroatoms. The molecule has 0 aliphatic carbocycles. The Morgan fingerprint density at radius 2 is 2.40 bits per heavy atom. The minimum absolute atomic E-state index is 0.187. The molecule has 2 atom stereocenters. The number of benzene rings is 1. The van der Waals surface area contributed by atoms with E-state index in [2.05, 4.69) is 10.3 Å². The van der Waals surface area contributed by atoms with Crippen LogP contribution in [0, 0.1) is 11.7 Å². The number of carbonyl (C=O) groups is 1. The van der Waals surface area contributed by atoms with E-state index in [0.717, 1.165) is 0 Å². The van der Waals surface area contributed by atoms with E-state index in [4.69, 9.17) is 9.47 Å². The van der Waals surface area contributed by atoms with Crippen molar-refractivity contribution in [2.75, 3.05) is 11.9 Å². The van der Waals surface area contributed by atoms with E-state index in [1.54, 1.807) is 6.07 Å². The van der Waals surface area contributed by atoms with E-state index in [1.165, 1.54) is 24.8 Å². The van der Waals surface area contributed by atoms with Crippen LogP contribution in [0.5, 0.6) is 0 Å². The highest BCUT2D eigenvalue weighted by Gasteiger charge is 2.45. The van der Waals surface area contributed by atoms with Gasteiger partial charge in [0.25, 0.3) is 0 Å². The summed E-state index contributed by atoms with van der Waals surface area (Å²) in [5, 5.41) is 2.51. The number of nitrogens with one attached hydrogen (secondary N) is 1. The van der Waals surface area contributed by atoms with Gasteiger partial charge in [0.1, 0.15) is 30.0 Å². The maximum Gasteiger partial charge on any atom is 0.211 e. The van der Waals surface area contributed by atoms with Crippen molar-refractivity contribution in [1.82, 2.24) is 0 Å². The lowest BCUT2D eigenvalue weighted by Crippen LogP contribution is -2.36. The Labute approximate surface area is 115 Å². The molecule has 0 spiro atoms. The van der Waals surface area contributed by atoms with Gasteiger partial charge in [0.05, 0.1) is 5.92 Å². The minimum atomic E-state index is -0.828. The number of fused-ring (bicyclic) bond motifs is 1. The maximum absolute atomic E-state index is 14.2. The molecule has 5 nitrogen and oxygen atoms in total. The third-order valence-corrected chi connectivity index (χ3v) is 3.73. The summed E-state index contributed by atoms with van der Waals surface area (Å²) in [5.41, 5.74) is 0.0830. The van der Waals surface area contributed by atoms with Crippen LogP contribution in [0.25, 0.3) is 0 Å². The van der Waals surface area contributed by atoms with Gasteiger partial charge in [0.2, 0.25) is 6.41 Å². The van der Waals surface area contributed by atoms with Crippen LogP contribution in [-0.2, 0) is 19.8 Å². The lowest BCUT2D eigenvalue weighted by molar-refractivity contribution is -0.105. The zero-order valence-corrected chi connectivity index (χ0v) is 10.8. The molecule has 2 unspecified atom stereocenters. The van der Waals surface area contributed by atoms with Gasteiger partial charge in [-0.05, 0) is 25.1 Å².